The second kappa shape index (κ2) is 17.5. The van der Waals surface area contributed by atoms with Crippen molar-refractivity contribution in [2.75, 3.05) is 0 Å². The van der Waals surface area contributed by atoms with Gasteiger partial charge < -0.3 is 107 Å². The average Bonchev–Trinajstić information content (AvgIpc) is 3.84. The first-order valence-electron chi connectivity index (χ1n) is 23.0. The molecule has 0 amide bonds. The van der Waals surface area contributed by atoms with Crippen molar-refractivity contribution in [3.05, 3.63) is 0 Å². The van der Waals surface area contributed by atoms with Gasteiger partial charge in [-0.15, -0.1) is 0 Å². The van der Waals surface area contributed by atoms with Crippen molar-refractivity contribution < 1.29 is 107 Å². The molecule has 386 valence electrons. The molecule has 0 saturated heterocycles. The Hall–Kier alpha value is -10.1. The zero-order valence-electron chi connectivity index (χ0n) is 42.2. The molecule has 0 atom stereocenters. The maximum atomic E-state index is 12.7. The van der Waals surface area contributed by atoms with Crippen molar-refractivity contribution in [1.29, 1.82) is 0 Å². The highest BCUT2D eigenvalue weighted by molar-refractivity contribution is 6.56. The van der Waals surface area contributed by atoms with E-state index in [1.807, 2.05) is 0 Å². The van der Waals surface area contributed by atoms with Gasteiger partial charge in [-0.2, -0.15) is 0 Å². The minimum atomic E-state index is -1.38. The predicted octanol–water partition coefficient (Wildman–Crippen LogP) is -9.79. The van der Waals surface area contributed by atoms with Gasteiger partial charge in [-0.25, -0.2) is 15.0 Å². The monoisotopic (exact) mass is 1060 g/mol. The molecule has 9 aromatic rings. The molecule has 0 aliphatic carbocycles. The highest BCUT2D eigenvalue weighted by atomic mass is 16.4. The molecule has 9 rings (SSSR count). The molecule has 0 spiro atoms. The molecule has 78 heavy (non-hydrogen) atoms. The molecule has 0 fully saturated rings. The van der Waals surface area contributed by atoms with E-state index in [4.69, 9.17) is 4.42 Å². The average molecular weight is 1050 g/mol. The summed E-state index contributed by atoms with van der Waals surface area (Å²) < 4.78 is 6.54. The number of phenols is 20. The SMILES string of the molecule is Bc1c(O)c(O)c(-c2c(B)c(O)c(B)c3c2oc2c(-c4c(O)c(O)c(B)c(-c5nc(-c6c(O)c(B)c(O)c(O)c6O)nc(-c6c(O)c(O)c(-c7c(B)c(O)c(O)c(B)c7O)c(O)c6O)n5)c4O)c(B)c(O)c(B)c23)c(O)c1O. The van der Waals surface area contributed by atoms with Crippen molar-refractivity contribution in [3.8, 4) is 183 Å². The predicted molar refractivity (Wildman–Crippen MR) is 307 cm³/mol. The van der Waals surface area contributed by atoms with Crippen LogP contribution in [0, 0.1) is 0 Å². The zero-order valence-corrected chi connectivity index (χ0v) is 42.2. The first-order chi connectivity index (χ1) is 36.3. The van der Waals surface area contributed by atoms with Crippen LogP contribution in [0.3, 0.4) is 0 Å². The van der Waals surface area contributed by atoms with Crippen molar-refractivity contribution in [1.82, 2.24) is 15.0 Å². The van der Waals surface area contributed by atoms with E-state index >= 15 is 0 Å². The van der Waals surface area contributed by atoms with E-state index in [0.717, 1.165) is 31.4 Å². The zero-order chi connectivity index (χ0) is 57.8. The maximum absolute atomic E-state index is 12.7. The Morgan fingerprint density at radius 3 is 0.872 bits per heavy atom. The van der Waals surface area contributed by atoms with E-state index in [-0.39, 0.29) is 65.7 Å². The third-order valence-electron chi connectivity index (χ3n) is 14.6. The van der Waals surface area contributed by atoms with E-state index in [1.54, 1.807) is 0 Å². The van der Waals surface area contributed by atoms with Gasteiger partial charge in [-0.3, -0.25) is 0 Å². The summed E-state index contributed by atoms with van der Waals surface area (Å²) in [5.41, 5.74) is -8.95. The standard InChI is InChI=1S/C45H38B9N3O21/c46-12-1(22(59)18(52)38(75)35(12)72)6-24(61)29(66)11(30(67)25(6)62)45-56-43(55-44(57-45)10-23(60)19(53)39(76)40(77)31(10)68)9-17(51)34(71)26(63)7(21(9)58)4-15(49)32(69)13(47)2-3-14(48)33(70)16(50)5(42(3)78-41(2)4)8-27(64)36(73)20(54)37(74)28(8)65/h58-77H,46-54H2. The Morgan fingerprint density at radius 2 is 0.436 bits per heavy atom. The van der Waals surface area contributed by atoms with Gasteiger partial charge in [0.2, 0.25) is 5.75 Å². The summed E-state index contributed by atoms with van der Waals surface area (Å²) in [5, 5.41) is 227. The van der Waals surface area contributed by atoms with Gasteiger partial charge in [0.25, 0.3) is 0 Å². The van der Waals surface area contributed by atoms with Crippen molar-refractivity contribution in [2.45, 2.75) is 0 Å². The second-order valence-corrected chi connectivity index (χ2v) is 18.8. The number of nitrogens with zero attached hydrogens (tertiary/aromatic N) is 3. The fourth-order valence-electron chi connectivity index (χ4n) is 10.0. The summed E-state index contributed by atoms with van der Waals surface area (Å²) in [5.74, 6) is -23.0. The molecule has 0 aliphatic rings. The fourth-order valence-corrected chi connectivity index (χ4v) is 10.0. The highest BCUT2D eigenvalue weighted by Gasteiger charge is 2.37. The smallest absolute Gasteiger partial charge is 0.200 e. The molecule has 7 aromatic carbocycles. The molecule has 0 aliphatic heterocycles. The Balaban J connectivity index is 1.42. The number of hydrogen-bond donors (Lipinski definition) is 20. The molecule has 0 bridgehead atoms. The van der Waals surface area contributed by atoms with Crippen LogP contribution in [0.25, 0.3) is 89.5 Å². The number of benzene rings is 7. The largest absolute Gasteiger partial charge is 0.509 e. The first-order valence-corrected chi connectivity index (χ1v) is 23.0. The number of furan rings is 1. The molecule has 2 aromatic heterocycles. The van der Waals surface area contributed by atoms with Crippen LogP contribution in [0.1, 0.15) is 0 Å². The van der Waals surface area contributed by atoms with Crippen LogP contribution in [0.2, 0.25) is 0 Å². The van der Waals surface area contributed by atoms with Crippen LogP contribution in [0.15, 0.2) is 4.42 Å². The quantitative estimate of drug-likeness (QED) is 0.0418. The van der Waals surface area contributed by atoms with Crippen molar-refractivity contribution in [2.24, 2.45) is 0 Å². The molecule has 0 radical (unpaired) electrons. The molecular weight excluding hydrogens is 1020 g/mol. The molecule has 33 heteroatoms. The van der Waals surface area contributed by atoms with Crippen LogP contribution >= 0.6 is 0 Å². The number of aromatic hydroxyl groups is 20. The maximum Gasteiger partial charge on any atom is 0.200 e. The van der Waals surface area contributed by atoms with Crippen LogP contribution in [-0.2, 0) is 0 Å². The molecule has 0 saturated carbocycles. The van der Waals surface area contributed by atoms with E-state index < -0.39 is 188 Å². The van der Waals surface area contributed by atoms with Gasteiger partial charge in [0, 0.05) is 32.9 Å². The topological polar surface area (TPSA) is 456 Å². The van der Waals surface area contributed by atoms with Gasteiger partial charge >= 0.3 is 0 Å². The van der Waals surface area contributed by atoms with Gasteiger partial charge in [0.15, 0.2) is 98.0 Å². The number of aromatic nitrogens is 3. The van der Waals surface area contributed by atoms with Crippen LogP contribution in [0.4, 0.5) is 0 Å². The Morgan fingerprint density at radius 1 is 0.192 bits per heavy atom. The Kier molecular flexibility index (Phi) is 11.8. The van der Waals surface area contributed by atoms with E-state index in [2.05, 4.69) is 15.0 Å². The molecule has 2 heterocycles. The van der Waals surface area contributed by atoms with Gasteiger partial charge in [0.05, 0.1) is 22.3 Å². The summed E-state index contributed by atoms with van der Waals surface area (Å²) in [4.78, 5) is 12.7. The third-order valence-corrected chi connectivity index (χ3v) is 14.6. The molecule has 24 nitrogen and oxygen atoms in total. The summed E-state index contributed by atoms with van der Waals surface area (Å²) in [6, 6.07) is 0. The molecule has 0 unspecified atom stereocenters. The van der Waals surface area contributed by atoms with E-state index in [1.165, 1.54) is 39.2 Å². The van der Waals surface area contributed by atoms with Crippen LogP contribution in [-0.4, -0.2) is 188 Å². The first kappa shape index (κ1) is 52.8. The fraction of sp³-hybridized carbons (Fsp3) is 0. The number of phenolic OH excluding ortho intramolecular Hbond substituents is 20. The van der Waals surface area contributed by atoms with E-state index in [0.29, 0.717) is 0 Å². The summed E-state index contributed by atoms with van der Waals surface area (Å²) >= 11 is 0. The van der Waals surface area contributed by atoms with E-state index in [9.17, 15) is 102 Å². The van der Waals surface area contributed by atoms with Gasteiger partial charge in [0.1, 0.15) is 122 Å². The number of fused-ring (bicyclic) bond motifs is 3. The summed E-state index contributed by atoms with van der Waals surface area (Å²) in [7, 11) is 11.3. The minimum absolute atomic E-state index is 0.00953. The second-order valence-electron chi connectivity index (χ2n) is 18.8. The Labute approximate surface area is 444 Å². The van der Waals surface area contributed by atoms with Crippen molar-refractivity contribution >= 4 is 142 Å². The molecule has 20 N–H and O–H groups in total. The Bertz CT molecular complexity index is 4170. The third kappa shape index (κ3) is 6.82. The van der Waals surface area contributed by atoms with Crippen LogP contribution < -0.4 is 49.2 Å². The lowest BCUT2D eigenvalue weighted by Crippen LogP contribution is -2.22. The molecular formula is C45H38B9N3O21. The number of hydrogen-bond acceptors (Lipinski definition) is 24. The van der Waals surface area contributed by atoms with Crippen molar-refractivity contribution in [3.63, 3.8) is 0 Å². The van der Waals surface area contributed by atoms with Gasteiger partial charge in [-0.1, -0.05) is 0 Å². The summed E-state index contributed by atoms with van der Waals surface area (Å²) in [6.45, 7) is 0. The lowest BCUT2D eigenvalue weighted by molar-refractivity contribution is 0.365. The van der Waals surface area contributed by atoms with Gasteiger partial charge in [-0.05, 0) is 43.7 Å². The summed E-state index contributed by atoms with van der Waals surface area (Å²) in [6.07, 6.45) is 0. The van der Waals surface area contributed by atoms with Crippen LogP contribution in [0.5, 0.6) is 115 Å². The lowest BCUT2D eigenvalue weighted by atomic mass is 9.73. The normalized spacial score (nSPS) is 11.5. The highest BCUT2D eigenvalue weighted by Crippen LogP contribution is 2.58. The number of rotatable bonds is 6. The lowest BCUT2D eigenvalue weighted by Gasteiger charge is -2.21. The minimum Gasteiger partial charge on any atom is -0.509 e.